The molecule has 1 heterocycles. The summed E-state index contributed by atoms with van der Waals surface area (Å²) in [5.74, 6) is -0.324. The Morgan fingerprint density at radius 1 is 1.17 bits per heavy atom. The van der Waals surface area contributed by atoms with Gasteiger partial charge in [0, 0.05) is 5.70 Å². The molecule has 1 unspecified atom stereocenters. The van der Waals surface area contributed by atoms with E-state index in [-0.39, 0.29) is 24.4 Å². The van der Waals surface area contributed by atoms with E-state index in [4.69, 9.17) is 9.47 Å². The van der Waals surface area contributed by atoms with Gasteiger partial charge in [0.05, 0.1) is 18.7 Å². The highest BCUT2D eigenvalue weighted by molar-refractivity contribution is 5.95. The number of amides is 2. The number of benzene rings is 2. The Labute approximate surface area is 168 Å². The molecule has 0 saturated carbocycles. The molecule has 0 saturated heterocycles. The summed E-state index contributed by atoms with van der Waals surface area (Å²) in [6.45, 7) is 4.05. The summed E-state index contributed by atoms with van der Waals surface area (Å²) in [6, 6.07) is 12.1. The van der Waals surface area contributed by atoms with Gasteiger partial charge in [-0.05, 0) is 41.3 Å². The summed E-state index contributed by atoms with van der Waals surface area (Å²) in [5, 5.41) is 5.50. The highest BCUT2D eigenvalue weighted by Crippen LogP contribution is 2.32. The van der Waals surface area contributed by atoms with Crippen LogP contribution in [0.1, 0.15) is 31.0 Å². The normalized spacial score (nSPS) is 16.3. The van der Waals surface area contributed by atoms with Gasteiger partial charge in [-0.15, -0.1) is 0 Å². The zero-order valence-electron chi connectivity index (χ0n) is 16.5. The monoisotopic (exact) mass is 398 g/mol. The Bertz CT molecular complexity index is 938. The number of methoxy groups -OCH3 is 1. The van der Waals surface area contributed by atoms with Crippen LogP contribution in [0.4, 0.5) is 9.18 Å². The Morgan fingerprint density at radius 2 is 1.90 bits per heavy atom. The quantitative estimate of drug-likeness (QED) is 0.725. The lowest BCUT2D eigenvalue weighted by atomic mass is 9.91. The number of halogens is 1. The number of ether oxygens (including phenoxy) is 2. The molecule has 1 aliphatic heterocycles. The first-order valence-corrected chi connectivity index (χ1v) is 9.26. The van der Waals surface area contributed by atoms with Gasteiger partial charge >= 0.3 is 12.0 Å². The average molecular weight is 398 g/mol. The maximum atomic E-state index is 13.0. The van der Waals surface area contributed by atoms with Crippen LogP contribution in [-0.4, -0.2) is 19.1 Å². The molecule has 0 aromatic heterocycles. The second-order valence-electron chi connectivity index (χ2n) is 6.99. The molecule has 2 aromatic rings. The van der Waals surface area contributed by atoms with Crippen LogP contribution in [0.3, 0.4) is 0 Å². The molecule has 7 heteroatoms. The molecular formula is C22H23FN2O4. The lowest BCUT2D eigenvalue weighted by Crippen LogP contribution is -2.47. The third-order valence-electron chi connectivity index (χ3n) is 4.60. The van der Waals surface area contributed by atoms with Crippen LogP contribution in [0.15, 0.2) is 59.8 Å². The van der Waals surface area contributed by atoms with Crippen LogP contribution in [-0.2, 0) is 16.1 Å². The number of urea groups is 1. The maximum absolute atomic E-state index is 13.0. The molecule has 0 aliphatic carbocycles. The summed E-state index contributed by atoms with van der Waals surface area (Å²) in [7, 11) is 1.31. The van der Waals surface area contributed by atoms with E-state index in [0.717, 1.165) is 5.56 Å². The summed E-state index contributed by atoms with van der Waals surface area (Å²) in [5.41, 5.74) is 2.40. The van der Waals surface area contributed by atoms with Crippen molar-refractivity contribution >= 4 is 12.0 Å². The minimum absolute atomic E-state index is 0.0736. The third-order valence-corrected chi connectivity index (χ3v) is 4.60. The fraction of sp³-hybridized carbons (Fsp3) is 0.273. The number of carbonyl (C=O) groups is 2. The predicted molar refractivity (Wildman–Crippen MR) is 105 cm³/mol. The third kappa shape index (κ3) is 4.74. The van der Waals surface area contributed by atoms with Crippen LogP contribution in [0.2, 0.25) is 0 Å². The van der Waals surface area contributed by atoms with Gasteiger partial charge < -0.3 is 20.1 Å². The van der Waals surface area contributed by atoms with Crippen molar-refractivity contribution in [3.05, 3.63) is 76.7 Å². The van der Waals surface area contributed by atoms with Crippen molar-refractivity contribution in [2.45, 2.75) is 26.5 Å². The van der Waals surface area contributed by atoms with E-state index in [1.54, 1.807) is 30.3 Å². The van der Waals surface area contributed by atoms with E-state index in [1.807, 2.05) is 19.9 Å². The van der Waals surface area contributed by atoms with Crippen molar-refractivity contribution in [1.29, 1.82) is 0 Å². The van der Waals surface area contributed by atoms with Crippen molar-refractivity contribution in [2.24, 2.45) is 5.92 Å². The minimum atomic E-state index is -0.664. The minimum Gasteiger partial charge on any atom is -0.489 e. The number of carbonyl (C=O) groups excluding carboxylic acids is 2. The van der Waals surface area contributed by atoms with E-state index in [2.05, 4.69) is 10.6 Å². The Hall–Kier alpha value is -3.35. The molecule has 3 rings (SSSR count). The highest BCUT2D eigenvalue weighted by atomic mass is 19.1. The Morgan fingerprint density at radius 3 is 2.55 bits per heavy atom. The van der Waals surface area contributed by atoms with Crippen molar-refractivity contribution < 1.29 is 23.5 Å². The lowest BCUT2D eigenvalue weighted by Gasteiger charge is -2.30. The van der Waals surface area contributed by atoms with Crippen LogP contribution in [0, 0.1) is 11.7 Å². The molecule has 0 bridgehead atoms. The molecule has 1 aliphatic rings. The number of nitrogens with one attached hydrogen (secondary N) is 2. The van der Waals surface area contributed by atoms with Crippen LogP contribution < -0.4 is 15.4 Å². The summed E-state index contributed by atoms with van der Waals surface area (Å²) < 4.78 is 23.8. The van der Waals surface area contributed by atoms with Gasteiger partial charge in [0.15, 0.2) is 0 Å². The molecule has 29 heavy (non-hydrogen) atoms. The topological polar surface area (TPSA) is 76.7 Å². The fourth-order valence-electron chi connectivity index (χ4n) is 3.16. The van der Waals surface area contributed by atoms with Crippen molar-refractivity contribution in [3.8, 4) is 5.75 Å². The summed E-state index contributed by atoms with van der Waals surface area (Å²) in [4.78, 5) is 24.6. The molecule has 0 fully saturated rings. The first kappa shape index (κ1) is 20.4. The first-order chi connectivity index (χ1) is 13.9. The number of hydrogen-bond acceptors (Lipinski definition) is 4. The average Bonchev–Trinajstić information content (AvgIpc) is 2.72. The molecule has 0 spiro atoms. The highest BCUT2D eigenvalue weighted by Gasteiger charge is 2.34. The SMILES string of the molecule is COC(=O)C1=C(C(C)C)NC(=O)NC1c1cccc(OCc2ccc(F)cc2)c1. The molecule has 2 aromatic carbocycles. The van der Waals surface area contributed by atoms with Gasteiger partial charge in [0.25, 0.3) is 0 Å². The zero-order valence-corrected chi connectivity index (χ0v) is 16.5. The van der Waals surface area contributed by atoms with Gasteiger partial charge in [-0.2, -0.15) is 0 Å². The van der Waals surface area contributed by atoms with E-state index in [1.165, 1.54) is 19.2 Å². The smallest absolute Gasteiger partial charge is 0.337 e. The predicted octanol–water partition coefficient (Wildman–Crippen LogP) is 3.84. The van der Waals surface area contributed by atoms with Gasteiger partial charge in [-0.3, -0.25) is 0 Å². The Balaban J connectivity index is 1.89. The fourth-order valence-corrected chi connectivity index (χ4v) is 3.16. The molecular weight excluding hydrogens is 375 g/mol. The van der Waals surface area contributed by atoms with Gasteiger partial charge in [0.1, 0.15) is 18.2 Å². The maximum Gasteiger partial charge on any atom is 0.337 e. The Kier molecular flexibility index (Phi) is 6.16. The number of esters is 1. The summed E-state index contributed by atoms with van der Waals surface area (Å²) >= 11 is 0. The largest absolute Gasteiger partial charge is 0.489 e. The molecule has 2 amide bonds. The van der Waals surface area contributed by atoms with Crippen LogP contribution in [0.25, 0.3) is 0 Å². The van der Waals surface area contributed by atoms with E-state index < -0.39 is 12.0 Å². The summed E-state index contributed by atoms with van der Waals surface area (Å²) in [6.07, 6.45) is 0. The second kappa shape index (κ2) is 8.77. The second-order valence-corrected chi connectivity index (χ2v) is 6.99. The lowest BCUT2D eigenvalue weighted by molar-refractivity contribution is -0.136. The van der Waals surface area contributed by atoms with Crippen molar-refractivity contribution in [1.82, 2.24) is 10.6 Å². The standard InChI is InChI=1S/C22H23FN2O4/c1-13(2)19-18(21(26)28-3)20(25-22(27)24-19)15-5-4-6-17(11-15)29-12-14-7-9-16(23)10-8-14/h4-11,13,20H,12H2,1-3H3,(H2,24,25,27). The molecule has 6 nitrogen and oxygen atoms in total. The van der Waals surface area contributed by atoms with Crippen molar-refractivity contribution in [2.75, 3.05) is 7.11 Å². The molecule has 1 atom stereocenters. The molecule has 0 radical (unpaired) electrons. The van der Waals surface area contributed by atoms with Crippen LogP contribution >= 0.6 is 0 Å². The van der Waals surface area contributed by atoms with Gasteiger partial charge in [0.2, 0.25) is 0 Å². The van der Waals surface area contributed by atoms with E-state index >= 15 is 0 Å². The van der Waals surface area contributed by atoms with Crippen molar-refractivity contribution in [3.63, 3.8) is 0 Å². The zero-order chi connectivity index (χ0) is 21.0. The molecule has 2 N–H and O–H groups in total. The van der Waals surface area contributed by atoms with Gasteiger partial charge in [-0.25, -0.2) is 14.0 Å². The van der Waals surface area contributed by atoms with E-state index in [9.17, 15) is 14.0 Å². The molecule has 152 valence electrons. The number of hydrogen-bond donors (Lipinski definition) is 2. The van der Waals surface area contributed by atoms with Crippen LogP contribution in [0.5, 0.6) is 5.75 Å². The first-order valence-electron chi connectivity index (χ1n) is 9.26. The number of rotatable bonds is 6. The number of allylic oxidation sites excluding steroid dienone is 1. The van der Waals surface area contributed by atoms with E-state index in [0.29, 0.717) is 22.6 Å². The van der Waals surface area contributed by atoms with Gasteiger partial charge in [-0.1, -0.05) is 38.1 Å².